The molecule has 224 valence electrons. The van der Waals surface area contributed by atoms with Crippen LogP contribution < -0.4 is 14.4 Å². The maximum Gasteiger partial charge on any atom is 0.264 e. The van der Waals surface area contributed by atoms with Gasteiger partial charge in [-0.15, -0.1) is 0 Å². The fraction of sp³-hybridized carbons (Fsp3) is 0.235. The minimum Gasteiger partial charge on any atom is -0.492 e. The monoisotopic (exact) mass is 599 g/mol. The molecule has 0 fully saturated rings. The van der Waals surface area contributed by atoms with Crippen LogP contribution in [0.15, 0.2) is 114 Å². The van der Waals surface area contributed by atoms with Crippen molar-refractivity contribution in [1.82, 2.24) is 10.2 Å². The van der Waals surface area contributed by atoms with Crippen molar-refractivity contribution in [1.29, 1.82) is 0 Å². The van der Waals surface area contributed by atoms with Crippen LogP contribution in [0.1, 0.15) is 23.6 Å². The Hall–Kier alpha value is -4.63. The third-order valence-electron chi connectivity index (χ3n) is 7.16. The van der Waals surface area contributed by atoms with Gasteiger partial charge in [0.2, 0.25) is 11.8 Å². The molecule has 0 heterocycles. The number of nitrogens with zero attached hydrogens (tertiary/aromatic N) is 2. The Morgan fingerprint density at radius 1 is 0.837 bits per heavy atom. The number of carbonyl (C=O) groups is 2. The van der Waals surface area contributed by atoms with Crippen molar-refractivity contribution < 1.29 is 22.7 Å². The zero-order valence-electron chi connectivity index (χ0n) is 24.6. The molecule has 0 aliphatic carbocycles. The molecule has 0 aromatic heterocycles. The number of para-hydroxylation sites is 2. The van der Waals surface area contributed by atoms with Crippen LogP contribution in [0.5, 0.6) is 5.75 Å². The molecule has 4 aromatic carbocycles. The molecule has 8 nitrogen and oxygen atoms in total. The van der Waals surface area contributed by atoms with E-state index in [-0.39, 0.29) is 29.5 Å². The highest BCUT2D eigenvalue weighted by atomic mass is 32.2. The predicted molar refractivity (Wildman–Crippen MR) is 168 cm³/mol. The smallest absolute Gasteiger partial charge is 0.264 e. The van der Waals surface area contributed by atoms with E-state index in [1.807, 2.05) is 61.5 Å². The van der Waals surface area contributed by atoms with E-state index in [2.05, 4.69) is 5.32 Å². The highest BCUT2D eigenvalue weighted by Crippen LogP contribution is 2.33. The lowest BCUT2D eigenvalue weighted by Crippen LogP contribution is -2.53. The first-order valence-corrected chi connectivity index (χ1v) is 15.6. The van der Waals surface area contributed by atoms with E-state index in [9.17, 15) is 18.0 Å². The Bertz CT molecular complexity index is 1630. The van der Waals surface area contributed by atoms with Crippen molar-refractivity contribution in [3.63, 3.8) is 0 Å². The molecule has 0 bridgehead atoms. The van der Waals surface area contributed by atoms with Crippen molar-refractivity contribution in [2.24, 2.45) is 0 Å². The highest BCUT2D eigenvalue weighted by molar-refractivity contribution is 7.92. The number of anilines is 1. The fourth-order valence-electron chi connectivity index (χ4n) is 4.87. The van der Waals surface area contributed by atoms with Crippen LogP contribution in [-0.2, 0) is 32.6 Å². The number of amides is 2. The van der Waals surface area contributed by atoms with Crippen LogP contribution in [0.2, 0.25) is 0 Å². The number of nitrogens with one attached hydrogen (secondary N) is 1. The van der Waals surface area contributed by atoms with Gasteiger partial charge in [-0.1, -0.05) is 84.9 Å². The molecule has 0 radical (unpaired) electrons. The molecule has 0 aliphatic heterocycles. The maximum absolute atomic E-state index is 14.4. The van der Waals surface area contributed by atoms with E-state index in [0.717, 1.165) is 21.0 Å². The van der Waals surface area contributed by atoms with Crippen molar-refractivity contribution in [3.8, 4) is 5.75 Å². The van der Waals surface area contributed by atoms with Gasteiger partial charge < -0.3 is 15.0 Å². The van der Waals surface area contributed by atoms with Crippen LogP contribution in [0.25, 0.3) is 0 Å². The van der Waals surface area contributed by atoms with Gasteiger partial charge in [-0.2, -0.15) is 0 Å². The summed E-state index contributed by atoms with van der Waals surface area (Å²) >= 11 is 0. The first-order valence-electron chi connectivity index (χ1n) is 14.1. The number of hydrogen-bond acceptors (Lipinski definition) is 5. The highest BCUT2D eigenvalue weighted by Gasteiger charge is 2.35. The zero-order valence-corrected chi connectivity index (χ0v) is 25.5. The normalized spacial score (nSPS) is 11.8. The summed E-state index contributed by atoms with van der Waals surface area (Å²) in [5.41, 5.74) is 2.90. The third-order valence-corrected chi connectivity index (χ3v) is 8.94. The molecule has 0 spiro atoms. The first kappa shape index (κ1) is 31.3. The quantitative estimate of drug-likeness (QED) is 0.234. The summed E-state index contributed by atoms with van der Waals surface area (Å²) in [5.74, 6) is -0.550. The largest absolute Gasteiger partial charge is 0.492 e. The molecule has 4 aromatic rings. The number of carbonyl (C=O) groups excluding carboxylic acids is 2. The lowest BCUT2D eigenvalue weighted by Gasteiger charge is -2.34. The van der Waals surface area contributed by atoms with Gasteiger partial charge in [-0.25, -0.2) is 8.42 Å². The number of sulfonamides is 1. The van der Waals surface area contributed by atoms with Gasteiger partial charge in [0.05, 0.1) is 17.2 Å². The summed E-state index contributed by atoms with van der Waals surface area (Å²) < 4.78 is 35.1. The minimum absolute atomic E-state index is 0.0340. The summed E-state index contributed by atoms with van der Waals surface area (Å²) in [4.78, 5) is 29.3. The summed E-state index contributed by atoms with van der Waals surface area (Å²) in [6.45, 7) is 3.62. The van der Waals surface area contributed by atoms with Crippen LogP contribution in [-0.4, -0.2) is 51.4 Å². The lowest BCUT2D eigenvalue weighted by molar-refractivity contribution is -0.139. The Morgan fingerprint density at radius 2 is 1.44 bits per heavy atom. The molecule has 2 amide bonds. The summed E-state index contributed by atoms with van der Waals surface area (Å²) in [5, 5.41) is 2.70. The average molecular weight is 600 g/mol. The molecule has 9 heteroatoms. The van der Waals surface area contributed by atoms with Crippen LogP contribution in [0.3, 0.4) is 0 Å². The number of hydrogen-bond donors (Lipinski definition) is 1. The molecular formula is C34H37N3O5S. The second-order valence-electron chi connectivity index (χ2n) is 9.99. The summed E-state index contributed by atoms with van der Waals surface area (Å²) in [6.07, 6.45) is 0.249. The van der Waals surface area contributed by atoms with E-state index >= 15 is 0 Å². The third kappa shape index (κ3) is 7.61. The summed E-state index contributed by atoms with van der Waals surface area (Å²) in [7, 11) is -2.68. The van der Waals surface area contributed by atoms with Gasteiger partial charge >= 0.3 is 0 Å². The standard InChI is InChI=1S/C34H37N3O5S/c1-4-42-32-22-14-13-21-30(32)37(43(40,41)29-19-9-6-10-20-29)25-33(38)36(24-28-18-12-11-15-26(28)2)31(34(39)35-3)23-27-16-7-5-8-17-27/h5-22,31H,4,23-25H2,1-3H3,(H,35,39)/t31-/m0/s1. The van der Waals surface area contributed by atoms with Gasteiger partial charge in [-0.3, -0.25) is 13.9 Å². The topological polar surface area (TPSA) is 96.0 Å². The van der Waals surface area contributed by atoms with Crippen molar-refractivity contribution >= 4 is 27.5 Å². The predicted octanol–water partition coefficient (Wildman–Crippen LogP) is 4.98. The van der Waals surface area contributed by atoms with Crippen molar-refractivity contribution in [3.05, 3.63) is 126 Å². The number of benzene rings is 4. The van der Waals surface area contributed by atoms with E-state index in [4.69, 9.17) is 4.74 Å². The van der Waals surface area contributed by atoms with E-state index < -0.39 is 28.5 Å². The van der Waals surface area contributed by atoms with E-state index in [0.29, 0.717) is 12.4 Å². The average Bonchev–Trinajstić information content (AvgIpc) is 3.03. The Morgan fingerprint density at radius 3 is 2.09 bits per heavy atom. The van der Waals surface area contributed by atoms with Crippen molar-refractivity contribution in [2.45, 2.75) is 37.8 Å². The van der Waals surface area contributed by atoms with Gasteiger partial charge in [0.15, 0.2) is 0 Å². The molecule has 0 saturated heterocycles. The van der Waals surface area contributed by atoms with Crippen molar-refractivity contribution in [2.75, 3.05) is 24.5 Å². The fourth-order valence-corrected chi connectivity index (χ4v) is 6.31. The maximum atomic E-state index is 14.4. The molecular weight excluding hydrogens is 562 g/mol. The minimum atomic E-state index is -4.21. The van der Waals surface area contributed by atoms with Gasteiger partial charge in [0, 0.05) is 20.0 Å². The number of rotatable bonds is 13. The number of likely N-dealkylation sites (N-methyl/N-ethyl adjacent to an activating group) is 1. The van der Waals surface area contributed by atoms with Crippen LogP contribution >= 0.6 is 0 Å². The van der Waals surface area contributed by atoms with Gasteiger partial charge in [-0.05, 0) is 54.8 Å². The second kappa shape index (κ2) is 14.5. The molecule has 0 unspecified atom stereocenters. The summed E-state index contributed by atoms with van der Waals surface area (Å²) in [6, 6.07) is 30.9. The van der Waals surface area contributed by atoms with Crippen LogP contribution in [0, 0.1) is 6.92 Å². The molecule has 0 aliphatic rings. The van der Waals surface area contributed by atoms with Gasteiger partial charge in [0.1, 0.15) is 18.3 Å². The molecule has 1 N–H and O–H groups in total. The molecule has 43 heavy (non-hydrogen) atoms. The Balaban J connectivity index is 1.82. The molecule has 4 rings (SSSR count). The molecule has 0 saturated carbocycles. The Kier molecular flexibility index (Phi) is 10.6. The SMILES string of the molecule is CCOc1ccccc1N(CC(=O)N(Cc1ccccc1C)[C@@H](Cc1ccccc1)C(=O)NC)S(=O)(=O)c1ccccc1. The Labute approximate surface area is 254 Å². The van der Waals surface area contributed by atoms with E-state index in [1.54, 1.807) is 49.4 Å². The first-order chi connectivity index (χ1) is 20.8. The lowest BCUT2D eigenvalue weighted by atomic mass is 10.0. The van der Waals surface area contributed by atoms with Crippen LogP contribution in [0.4, 0.5) is 5.69 Å². The second-order valence-corrected chi connectivity index (χ2v) is 11.9. The number of ether oxygens (including phenoxy) is 1. The number of aryl methyl sites for hydroxylation is 1. The molecule has 1 atom stereocenters. The van der Waals surface area contributed by atoms with Gasteiger partial charge in [0.25, 0.3) is 10.0 Å². The zero-order chi connectivity index (χ0) is 30.8. The van der Waals surface area contributed by atoms with E-state index in [1.165, 1.54) is 24.1 Å².